The Balaban J connectivity index is 0.000000162. The lowest BCUT2D eigenvalue weighted by Crippen LogP contribution is -1.87. The molecule has 10 heavy (non-hydrogen) atoms. The molecule has 1 rings (SSSR count). The predicted molar refractivity (Wildman–Crippen MR) is 34.8 cm³/mol. The molecule has 0 bridgehead atoms. The Morgan fingerprint density at radius 1 is 1.60 bits per heavy atom. The maximum absolute atomic E-state index is 9.10. The van der Waals surface area contributed by atoms with Gasteiger partial charge < -0.3 is 14.8 Å². The number of H-pyrrole nitrogens is 1. The fourth-order valence-electron chi connectivity index (χ4n) is 0.215. The summed E-state index contributed by atoms with van der Waals surface area (Å²) in [5, 5.41) is 0. The highest BCUT2D eigenvalue weighted by Crippen LogP contribution is 2.20. The molecule has 1 aromatic heterocycles. The first-order valence-corrected chi connectivity index (χ1v) is 3.95. The van der Waals surface area contributed by atoms with E-state index in [2.05, 4.69) is 15.5 Å². The van der Waals surface area contributed by atoms with Gasteiger partial charge in [-0.15, -0.1) is 0 Å². The van der Waals surface area contributed by atoms with E-state index in [4.69, 9.17) is 14.4 Å². The Morgan fingerprint density at radius 3 is 2.20 bits per heavy atom. The van der Waals surface area contributed by atoms with Crippen LogP contribution in [-0.4, -0.2) is 19.8 Å². The van der Waals surface area contributed by atoms with Crippen molar-refractivity contribution in [2.24, 2.45) is 5.50 Å². The number of rotatable bonds is 0. The van der Waals surface area contributed by atoms with Gasteiger partial charge in [0.1, 0.15) is 0 Å². The van der Waals surface area contributed by atoms with E-state index in [0.717, 1.165) is 0 Å². The van der Waals surface area contributed by atoms with Crippen molar-refractivity contribution in [2.45, 2.75) is 0 Å². The van der Waals surface area contributed by atoms with Gasteiger partial charge in [0.15, 0.2) is 0 Å². The number of nitrogens with one attached hydrogen (secondary N) is 1. The molecule has 0 saturated carbocycles. The summed E-state index contributed by atoms with van der Waals surface area (Å²) >= 11 is 0. The van der Waals surface area contributed by atoms with Crippen molar-refractivity contribution < 1.29 is 14.4 Å². The second-order valence-electron chi connectivity index (χ2n) is 1.35. The molecule has 1 heterocycles. The molecule has 58 valence electrons. The van der Waals surface area contributed by atoms with E-state index < -0.39 is 7.75 Å². The van der Waals surface area contributed by atoms with Gasteiger partial charge in [0.05, 0.1) is 6.33 Å². The fourth-order valence-corrected chi connectivity index (χ4v) is 0.215. The summed E-state index contributed by atoms with van der Waals surface area (Å²) in [5.74, 6) is 0. The molecular weight excluding hydrogens is 157 g/mol. The van der Waals surface area contributed by atoms with Gasteiger partial charge >= 0.3 is 7.75 Å². The highest BCUT2D eigenvalue weighted by Gasteiger charge is 1.96. The van der Waals surface area contributed by atoms with Crippen molar-refractivity contribution >= 4 is 7.75 Å². The third-order valence-corrected chi connectivity index (χ3v) is 0.406. The van der Waals surface area contributed by atoms with E-state index in [0.29, 0.717) is 0 Å². The molecular formula is C3H8N3O3P. The zero-order chi connectivity index (χ0) is 8.04. The van der Waals surface area contributed by atoms with Crippen LogP contribution in [0.15, 0.2) is 18.7 Å². The summed E-state index contributed by atoms with van der Waals surface area (Å²) in [6.45, 7) is 0. The molecule has 0 fully saturated rings. The summed E-state index contributed by atoms with van der Waals surface area (Å²) < 4.78 is 9.10. The van der Waals surface area contributed by atoms with Gasteiger partial charge in [-0.05, 0) is 0 Å². The standard InChI is InChI=1S/C3H4N2.H4NO3P/c1-2-5-3-4-1;1-5(2,3)4/h1-3H,(H,4,5);(H4,1,2,3,4). The average Bonchev–Trinajstić information content (AvgIpc) is 2.07. The molecule has 0 spiro atoms. The lowest BCUT2D eigenvalue weighted by atomic mass is 11.0. The highest BCUT2D eigenvalue weighted by atomic mass is 31.2. The second-order valence-corrected chi connectivity index (χ2v) is 2.53. The maximum Gasteiger partial charge on any atom is 0.397 e. The Morgan fingerprint density at radius 2 is 2.10 bits per heavy atom. The van der Waals surface area contributed by atoms with Gasteiger partial charge in [0.2, 0.25) is 0 Å². The predicted octanol–water partition coefficient (Wildman–Crippen LogP) is -0.553. The molecule has 1 aromatic rings. The minimum absolute atomic E-state index is 1.62. The number of nitrogens with two attached hydrogens (primary N) is 1. The van der Waals surface area contributed by atoms with Crippen LogP contribution in [0, 0.1) is 0 Å². The summed E-state index contributed by atoms with van der Waals surface area (Å²) in [6.07, 6.45) is 5.08. The summed E-state index contributed by atoms with van der Waals surface area (Å²) in [4.78, 5) is 21.2. The zero-order valence-electron chi connectivity index (χ0n) is 5.01. The Labute approximate surface area is 57.3 Å². The van der Waals surface area contributed by atoms with E-state index in [1.165, 1.54) is 0 Å². The molecule has 0 aliphatic heterocycles. The maximum atomic E-state index is 9.10. The number of nitrogens with zero attached hydrogens (tertiary/aromatic N) is 1. The van der Waals surface area contributed by atoms with Crippen LogP contribution in [0.4, 0.5) is 0 Å². The molecule has 0 radical (unpaired) electrons. The topological polar surface area (TPSA) is 112 Å². The summed E-state index contributed by atoms with van der Waals surface area (Å²) in [7, 11) is -4.14. The first kappa shape index (κ1) is 9.32. The van der Waals surface area contributed by atoms with Crippen LogP contribution in [-0.2, 0) is 4.57 Å². The van der Waals surface area contributed by atoms with Gasteiger partial charge in [-0.2, -0.15) is 0 Å². The van der Waals surface area contributed by atoms with Crippen molar-refractivity contribution in [2.75, 3.05) is 0 Å². The summed E-state index contributed by atoms with van der Waals surface area (Å²) in [6, 6.07) is 0. The minimum Gasteiger partial charge on any atom is -0.351 e. The van der Waals surface area contributed by atoms with Crippen molar-refractivity contribution in [1.29, 1.82) is 0 Å². The number of aromatic nitrogens is 2. The quantitative estimate of drug-likeness (QED) is 0.385. The van der Waals surface area contributed by atoms with Crippen LogP contribution >= 0.6 is 7.75 Å². The van der Waals surface area contributed by atoms with E-state index in [-0.39, 0.29) is 0 Å². The highest BCUT2D eigenvalue weighted by molar-refractivity contribution is 7.49. The SMILES string of the molecule is NP(=O)(O)O.c1c[nH]cn1. The molecule has 7 heteroatoms. The van der Waals surface area contributed by atoms with Crippen LogP contribution in [0.3, 0.4) is 0 Å². The third-order valence-electron chi connectivity index (χ3n) is 0.406. The monoisotopic (exact) mass is 165 g/mol. The Hall–Kier alpha value is -0.680. The molecule has 0 amide bonds. The number of aromatic amines is 1. The first-order valence-electron chi connectivity index (χ1n) is 2.27. The van der Waals surface area contributed by atoms with Crippen LogP contribution in [0.1, 0.15) is 0 Å². The second kappa shape index (κ2) is 4.19. The van der Waals surface area contributed by atoms with E-state index >= 15 is 0 Å². The third kappa shape index (κ3) is 15.7. The largest absolute Gasteiger partial charge is 0.397 e. The van der Waals surface area contributed by atoms with E-state index in [1.54, 1.807) is 18.7 Å². The van der Waals surface area contributed by atoms with E-state index in [9.17, 15) is 0 Å². The molecule has 0 unspecified atom stereocenters. The first-order chi connectivity index (χ1) is 4.50. The number of hydrogen-bond acceptors (Lipinski definition) is 2. The van der Waals surface area contributed by atoms with Crippen LogP contribution in [0.2, 0.25) is 0 Å². The van der Waals surface area contributed by atoms with Crippen molar-refractivity contribution in [3.63, 3.8) is 0 Å². The van der Waals surface area contributed by atoms with Crippen molar-refractivity contribution in [1.82, 2.24) is 9.97 Å². The molecule has 0 saturated heterocycles. The minimum atomic E-state index is -4.14. The lowest BCUT2D eigenvalue weighted by Gasteiger charge is -1.84. The molecule has 0 aliphatic carbocycles. The number of hydrogen-bond donors (Lipinski definition) is 4. The Bertz CT molecular complexity index is 167. The number of imidazole rings is 1. The van der Waals surface area contributed by atoms with Gasteiger partial charge in [-0.3, -0.25) is 0 Å². The molecule has 0 aromatic carbocycles. The van der Waals surface area contributed by atoms with E-state index in [1.807, 2.05) is 0 Å². The van der Waals surface area contributed by atoms with Crippen molar-refractivity contribution in [3.05, 3.63) is 18.7 Å². The molecule has 0 atom stereocenters. The van der Waals surface area contributed by atoms with Gasteiger partial charge in [-0.1, -0.05) is 0 Å². The summed E-state index contributed by atoms with van der Waals surface area (Å²) in [5.41, 5.74) is 4.02. The van der Waals surface area contributed by atoms with Crippen LogP contribution in [0.25, 0.3) is 0 Å². The normalized spacial score (nSPS) is 9.90. The zero-order valence-corrected chi connectivity index (χ0v) is 5.90. The molecule has 0 aliphatic rings. The smallest absolute Gasteiger partial charge is 0.351 e. The van der Waals surface area contributed by atoms with Gasteiger partial charge in [-0.25, -0.2) is 15.1 Å². The van der Waals surface area contributed by atoms with Crippen LogP contribution in [0.5, 0.6) is 0 Å². The van der Waals surface area contributed by atoms with Crippen LogP contribution < -0.4 is 5.50 Å². The van der Waals surface area contributed by atoms with Gasteiger partial charge in [0, 0.05) is 12.4 Å². The lowest BCUT2D eigenvalue weighted by molar-refractivity contribution is 0.374. The average molecular weight is 165 g/mol. The van der Waals surface area contributed by atoms with Crippen molar-refractivity contribution in [3.8, 4) is 0 Å². The fraction of sp³-hybridized carbons (Fsp3) is 0. The Kier molecular flexibility index (Phi) is 3.90. The molecule has 5 N–H and O–H groups in total. The molecule has 6 nitrogen and oxygen atoms in total. The van der Waals surface area contributed by atoms with Gasteiger partial charge in [0.25, 0.3) is 0 Å².